The van der Waals surface area contributed by atoms with Crippen LogP contribution in [0.15, 0.2) is 47.4 Å². The summed E-state index contributed by atoms with van der Waals surface area (Å²) in [6, 6.07) is 10.4. The number of aryl methyl sites for hydroxylation is 1. The molecule has 6 heteroatoms. The summed E-state index contributed by atoms with van der Waals surface area (Å²) in [5.41, 5.74) is 0.156. The molecule has 0 radical (unpaired) electrons. The highest BCUT2D eigenvalue weighted by Gasteiger charge is 2.24. The zero-order chi connectivity index (χ0) is 16.4. The number of nitrogens with zero attached hydrogens (tertiary/aromatic N) is 2. The van der Waals surface area contributed by atoms with Crippen LogP contribution >= 0.6 is 0 Å². The molecule has 0 fully saturated rings. The van der Waals surface area contributed by atoms with E-state index >= 15 is 0 Å². The van der Waals surface area contributed by atoms with Crippen molar-refractivity contribution in [1.29, 1.82) is 0 Å². The SMILES string of the molecule is CN(CC1COc2ccccc2O1)C(=O)c1ccn(C)c(=O)c1. The number of rotatable bonds is 3. The Labute approximate surface area is 133 Å². The zero-order valence-corrected chi connectivity index (χ0v) is 13.1. The summed E-state index contributed by atoms with van der Waals surface area (Å²) in [5, 5.41) is 0. The van der Waals surface area contributed by atoms with E-state index in [1.165, 1.54) is 15.5 Å². The average molecular weight is 314 g/mol. The van der Waals surface area contributed by atoms with E-state index in [1.807, 2.05) is 24.3 Å². The van der Waals surface area contributed by atoms with Crippen LogP contribution < -0.4 is 15.0 Å². The molecule has 0 aliphatic carbocycles. The van der Waals surface area contributed by atoms with Gasteiger partial charge in [-0.15, -0.1) is 0 Å². The number of para-hydroxylation sites is 2. The van der Waals surface area contributed by atoms with Crippen LogP contribution in [0.1, 0.15) is 10.4 Å². The van der Waals surface area contributed by atoms with Crippen LogP contribution in [-0.4, -0.2) is 41.7 Å². The lowest BCUT2D eigenvalue weighted by Gasteiger charge is -2.29. The fourth-order valence-electron chi connectivity index (χ4n) is 2.44. The van der Waals surface area contributed by atoms with E-state index < -0.39 is 0 Å². The maximum atomic E-state index is 12.4. The van der Waals surface area contributed by atoms with Crippen LogP contribution in [0.2, 0.25) is 0 Å². The van der Waals surface area contributed by atoms with Gasteiger partial charge in [0, 0.05) is 31.9 Å². The first kappa shape index (κ1) is 15.1. The Bertz CT molecular complexity index is 784. The van der Waals surface area contributed by atoms with Gasteiger partial charge in [-0.1, -0.05) is 12.1 Å². The van der Waals surface area contributed by atoms with E-state index in [1.54, 1.807) is 26.4 Å². The second kappa shape index (κ2) is 6.16. The second-order valence-electron chi connectivity index (χ2n) is 5.55. The first-order chi connectivity index (χ1) is 11.0. The van der Waals surface area contributed by atoms with Gasteiger partial charge in [-0.3, -0.25) is 9.59 Å². The molecule has 1 aliphatic rings. The molecule has 1 aromatic carbocycles. The smallest absolute Gasteiger partial charge is 0.253 e. The predicted molar refractivity (Wildman–Crippen MR) is 85.0 cm³/mol. The summed E-state index contributed by atoms with van der Waals surface area (Å²) in [5.74, 6) is 1.17. The van der Waals surface area contributed by atoms with Crippen molar-refractivity contribution in [1.82, 2.24) is 9.47 Å². The van der Waals surface area contributed by atoms with Gasteiger partial charge < -0.3 is 18.9 Å². The number of benzene rings is 1. The molecule has 1 aromatic heterocycles. The van der Waals surface area contributed by atoms with Crippen molar-refractivity contribution in [3.8, 4) is 11.5 Å². The summed E-state index contributed by atoms with van der Waals surface area (Å²) in [6.07, 6.45) is 1.34. The third-order valence-corrected chi connectivity index (χ3v) is 3.74. The number of ether oxygens (including phenoxy) is 2. The maximum Gasteiger partial charge on any atom is 0.253 e. The minimum Gasteiger partial charge on any atom is -0.486 e. The molecule has 1 amide bonds. The van der Waals surface area contributed by atoms with E-state index in [2.05, 4.69) is 0 Å². The van der Waals surface area contributed by atoms with Gasteiger partial charge in [0.2, 0.25) is 0 Å². The molecule has 23 heavy (non-hydrogen) atoms. The molecule has 1 atom stereocenters. The van der Waals surface area contributed by atoms with E-state index in [4.69, 9.17) is 9.47 Å². The fraction of sp³-hybridized carbons (Fsp3) is 0.294. The van der Waals surface area contributed by atoms with Crippen LogP contribution in [0.25, 0.3) is 0 Å². The number of aromatic nitrogens is 1. The number of hydrogen-bond donors (Lipinski definition) is 0. The molecule has 120 valence electrons. The van der Waals surface area contributed by atoms with Crippen molar-refractivity contribution < 1.29 is 14.3 Å². The van der Waals surface area contributed by atoms with Gasteiger partial charge in [-0.25, -0.2) is 0 Å². The summed E-state index contributed by atoms with van der Waals surface area (Å²) in [4.78, 5) is 25.6. The van der Waals surface area contributed by atoms with Crippen LogP contribution in [0.5, 0.6) is 11.5 Å². The average Bonchev–Trinajstić information content (AvgIpc) is 2.56. The summed E-state index contributed by atoms with van der Waals surface area (Å²) in [6.45, 7) is 0.758. The number of amides is 1. The number of pyridine rings is 1. The Morgan fingerprint density at radius 2 is 2.04 bits per heavy atom. The van der Waals surface area contributed by atoms with Crippen molar-refractivity contribution in [2.24, 2.45) is 7.05 Å². The molecule has 6 nitrogen and oxygen atoms in total. The quantitative estimate of drug-likeness (QED) is 0.857. The van der Waals surface area contributed by atoms with Crippen LogP contribution in [0.4, 0.5) is 0 Å². The molecule has 0 saturated heterocycles. The third-order valence-electron chi connectivity index (χ3n) is 3.74. The van der Waals surface area contributed by atoms with Gasteiger partial charge >= 0.3 is 0 Å². The molecule has 1 unspecified atom stereocenters. The first-order valence-electron chi connectivity index (χ1n) is 7.35. The lowest BCUT2D eigenvalue weighted by molar-refractivity contribution is 0.0521. The minimum atomic E-state index is -0.245. The first-order valence-corrected chi connectivity index (χ1v) is 7.35. The largest absolute Gasteiger partial charge is 0.486 e. The maximum absolute atomic E-state index is 12.4. The van der Waals surface area contributed by atoms with Crippen molar-refractivity contribution in [2.75, 3.05) is 20.2 Å². The fourth-order valence-corrected chi connectivity index (χ4v) is 2.44. The number of likely N-dealkylation sites (N-methyl/N-ethyl adjacent to an activating group) is 1. The summed E-state index contributed by atoms with van der Waals surface area (Å²) >= 11 is 0. The second-order valence-corrected chi connectivity index (χ2v) is 5.55. The number of carbonyl (C=O) groups excluding carboxylic acids is 1. The summed E-state index contributed by atoms with van der Waals surface area (Å²) < 4.78 is 12.9. The number of hydrogen-bond acceptors (Lipinski definition) is 4. The Kier molecular flexibility index (Phi) is 4.06. The number of carbonyl (C=O) groups is 1. The molecule has 0 spiro atoms. The lowest BCUT2D eigenvalue weighted by Crippen LogP contribution is -2.42. The highest BCUT2D eigenvalue weighted by Crippen LogP contribution is 2.30. The molecule has 0 N–H and O–H groups in total. The van der Waals surface area contributed by atoms with E-state index in [0.717, 1.165) is 0 Å². The topological polar surface area (TPSA) is 60.8 Å². The van der Waals surface area contributed by atoms with Crippen molar-refractivity contribution in [2.45, 2.75) is 6.10 Å². The van der Waals surface area contributed by atoms with Gasteiger partial charge in [-0.2, -0.15) is 0 Å². The predicted octanol–water partition coefficient (Wildman–Crippen LogP) is 1.30. The molecule has 2 heterocycles. The molecular formula is C17H18N2O4. The van der Waals surface area contributed by atoms with Gasteiger partial charge in [0.15, 0.2) is 17.6 Å². The zero-order valence-electron chi connectivity index (χ0n) is 13.1. The highest BCUT2D eigenvalue weighted by molar-refractivity contribution is 5.93. The molecular weight excluding hydrogens is 296 g/mol. The Balaban J connectivity index is 1.67. The lowest BCUT2D eigenvalue weighted by atomic mass is 10.2. The molecule has 0 saturated carbocycles. The van der Waals surface area contributed by atoms with E-state index in [-0.39, 0.29) is 17.6 Å². The van der Waals surface area contributed by atoms with Crippen LogP contribution in [-0.2, 0) is 7.05 Å². The van der Waals surface area contributed by atoms with Crippen molar-refractivity contribution in [3.05, 3.63) is 58.5 Å². The molecule has 0 bridgehead atoms. The highest BCUT2D eigenvalue weighted by atomic mass is 16.6. The van der Waals surface area contributed by atoms with Crippen LogP contribution in [0.3, 0.4) is 0 Å². The minimum absolute atomic E-state index is 0.213. The standard InChI is InChI=1S/C17H18N2O4/c1-18-8-7-12(9-16(18)20)17(21)19(2)10-13-11-22-14-5-3-4-6-15(14)23-13/h3-9,13H,10-11H2,1-2H3. The third kappa shape index (κ3) is 3.21. The normalized spacial score (nSPS) is 16.0. The number of fused-ring (bicyclic) bond motifs is 1. The van der Waals surface area contributed by atoms with Crippen molar-refractivity contribution >= 4 is 5.91 Å². The molecule has 3 rings (SSSR count). The van der Waals surface area contributed by atoms with E-state index in [0.29, 0.717) is 30.2 Å². The van der Waals surface area contributed by atoms with Crippen LogP contribution in [0, 0.1) is 0 Å². The van der Waals surface area contributed by atoms with Gasteiger partial charge in [0.1, 0.15) is 6.61 Å². The molecule has 1 aliphatic heterocycles. The van der Waals surface area contributed by atoms with Crippen molar-refractivity contribution in [3.63, 3.8) is 0 Å². The van der Waals surface area contributed by atoms with E-state index in [9.17, 15) is 9.59 Å². The Morgan fingerprint density at radius 1 is 1.30 bits per heavy atom. The van der Waals surface area contributed by atoms with Gasteiger partial charge in [0.05, 0.1) is 6.54 Å². The monoisotopic (exact) mass is 314 g/mol. The Morgan fingerprint density at radius 3 is 2.78 bits per heavy atom. The Hall–Kier alpha value is -2.76. The van der Waals surface area contributed by atoms with Gasteiger partial charge in [-0.05, 0) is 18.2 Å². The summed E-state index contributed by atoms with van der Waals surface area (Å²) in [7, 11) is 3.33. The van der Waals surface area contributed by atoms with Gasteiger partial charge in [0.25, 0.3) is 11.5 Å². The molecule has 2 aromatic rings.